The molecular formula is C26H25F2N3O2. The molecule has 170 valence electrons. The van der Waals surface area contributed by atoms with Crippen molar-refractivity contribution in [1.29, 1.82) is 0 Å². The molecule has 0 radical (unpaired) electrons. The molecule has 0 saturated carbocycles. The summed E-state index contributed by atoms with van der Waals surface area (Å²) < 4.78 is 26.9. The van der Waals surface area contributed by atoms with Crippen molar-refractivity contribution in [3.63, 3.8) is 0 Å². The van der Waals surface area contributed by atoms with Crippen molar-refractivity contribution in [2.24, 2.45) is 0 Å². The molecule has 33 heavy (non-hydrogen) atoms. The smallest absolute Gasteiger partial charge is 0.320 e. The first-order valence-electron chi connectivity index (χ1n) is 10.8. The molecule has 5 nitrogen and oxygen atoms in total. The highest BCUT2D eigenvalue weighted by molar-refractivity contribution is 6.07. The van der Waals surface area contributed by atoms with Crippen LogP contribution in [0.25, 0.3) is 0 Å². The highest BCUT2D eigenvalue weighted by Crippen LogP contribution is 2.31. The fraction of sp³-hybridized carbons (Fsp3) is 0.231. The zero-order chi connectivity index (χ0) is 23.5. The van der Waals surface area contributed by atoms with Gasteiger partial charge in [-0.05, 0) is 67.8 Å². The number of rotatable bonds is 5. The molecule has 3 amide bonds. The summed E-state index contributed by atoms with van der Waals surface area (Å²) >= 11 is 0. The number of halogens is 2. The Hall–Kier alpha value is -3.74. The minimum absolute atomic E-state index is 0.170. The molecule has 3 aromatic carbocycles. The number of amides is 3. The first-order chi connectivity index (χ1) is 15.8. The fourth-order valence-corrected chi connectivity index (χ4v) is 3.98. The largest absolute Gasteiger partial charge is 0.324 e. The zero-order valence-electron chi connectivity index (χ0n) is 18.6. The molecule has 1 heterocycles. The van der Waals surface area contributed by atoms with Gasteiger partial charge >= 0.3 is 6.03 Å². The van der Waals surface area contributed by atoms with E-state index in [1.165, 1.54) is 6.07 Å². The van der Waals surface area contributed by atoms with Gasteiger partial charge in [-0.25, -0.2) is 13.6 Å². The summed E-state index contributed by atoms with van der Waals surface area (Å²) in [5, 5.41) is 2.95. The van der Waals surface area contributed by atoms with Gasteiger partial charge in [0.25, 0.3) is 5.91 Å². The second-order valence-electron chi connectivity index (χ2n) is 8.30. The maximum atomic E-state index is 13.6. The normalized spacial score (nSPS) is 13.9. The van der Waals surface area contributed by atoms with Gasteiger partial charge in [0.1, 0.15) is 0 Å². The van der Waals surface area contributed by atoms with Crippen molar-refractivity contribution in [3.05, 3.63) is 94.6 Å². The predicted molar refractivity (Wildman–Crippen MR) is 124 cm³/mol. The minimum Gasteiger partial charge on any atom is -0.320 e. The Morgan fingerprint density at radius 1 is 0.939 bits per heavy atom. The van der Waals surface area contributed by atoms with E-state index in [4.69, 9.17) is 0 Å². The van der Waals surface area contributed by atoms with Gasteiger partial charge in [-0.15, -0.1) is 0 Å². The number of benzene rings is 3. The number of nitrogens with one attached hydrogen (secondary N) is 1. The number of carbonyl (C=O) groups is 2. The molecule has 0 spiro atoms. The molecule has 1 saturated heterocycles. The SMILES string of the molecule is Cc1cccc(C(=O)Nc2cc(C)ccc2N2CCCN(Cc3ccc(F)c(F)c3)C2=O)c1. The first-order valence-corrected chi connectivity index (χ1v) is 10.8. The molecule has 1 N–H and O–H groups in total. The molecule has 0 aliphatic carbocycles. The molecule has 7 heteroatoms. The minimum atomic E-state index is -0.937. The third kappa shape index (κ3) is 5.03. The summed E-state index contributed by atoms with van der Waals surface area (Å²) in [6.45, 7) is 5.00. The van der Waals surface area contributed by atoms with Crippen molar-refractivity contribution in [2.75, 3.05) is 23.3 Å². The van der Waals surface area contributed by atoms with Crippen LogP contribution in [0.15, 0.2) is 60.7 Å². The van der Waals surface area contributed by atoms with Crippen molar-refractivity contribution >= 4 is 23.3 Å². The Labute approximate surface area is 191 Å². The maximum Gasteiger partial charge on any atom is 0.324 e. The third-order valence-corrected chi connectivity index (χ3v) is 5.64. The van der Waals surface area contributed by atoms with Crippen LogP contribution in [-0.2, 0) is 6.54 Å². The summed E-state index contributed by atoms with van der Waals surface area (Å²) in [5.74, 6) is -2.11. The number of anilines is 2. The van der Waals surface area contributed by atoms with Gasteiger partial charge < -0.3 is 10.2 Å². The number of hydrogen-bond acceptors (Lipinski definition) is 2. The second-order valence-corrected chi connectivity index (χ2v) is 8.30. The average molecular weight is 450 g/mol. The van der Waals surface area contributed by atoms with E-state index in [1.807, 2.05) is 44.2 Å². The summed E-state index contributed by atoms with van der Waals surface area (Å²) in [6, 6.07) is 16.2. The quantitative estimate of drug-likeness (QED) is 0.546. The third-order valence-electron chi connectivity index (χ3n) is 5.64. The fourth-order valence-electron chi connectivity index (χ4n) is 3.98. The van der Waals surface area contributed by atoms with Crippen LogP contribution in [0.1, 0.15) is 33.5 Å². The van der Waals surface area contributed by atoms with E-state index in [0.717, 1.165) is 23.3 Å². The second kappa shape index (κ2) is 9.40. The van der Waals surface area contributed by atoms with Gasteiger partial charge in [0.15, 0.2) is 11.6 Å². The standard InChI is InChI=1S/C26H25F2N3O2/c1-17-5-3-6-20(13-17)25(32)29-23-14-18(2)7-10-24(23)31-12-4-11-30(26(31)33)16-19-8-9-21(27)22(28)15-19/h3,5-10,13-15H,4,11-12,16H2,1-2H3,(H,29,32). The van der Waals surface area contributed by atoms with E-state index in [-0.39, 0.29) is 18.5 Å². The number of carbonyl (C=O) groups excluding carboxylic acids is 2. The van der Waals surface area contributed by atoms with Crippen LogP contribution in [0.5, 0.6) is 0 Å². The highest BCUT2D eigenvalue weighted by Gasteiger charge is 2.29. The highest BCUT2D eigenvalue weighted by atomic mass is 19.2. The first kappa shape index (κ1) is 22.5. The lowest BCUT2D eigenvalue weighted by atomic mass is 10.1. The van der Waals surface area contributed by atoms with Crippen molar-refractivity contribution in [1.82, 2.24) is 4.90 Å². The molecule has 0 atom stereocenters. The molecule has 1 aliphatic rings. The lowest BCUT2D eigenvalue weighted by Crippen LogP contribution is -2.49. The van der Waals surface area contributed by atoms with Crippen LogP contribution in [0, 0.1) is 25.5 Å². The molecule has 4 rings (SSSR count). The summed E-state index contributed by atoms with van der Waals surface area (Å²) in [6.07, 6.45) is 0.703. The van der Waals surface area contributed by atoms with Crippen molar-refractivity contribution in [3.8, 4) is 0 Å². The van der Waals surface area contributed by atoms with E-state index in [1.54, 1.807) is 21.9 Å². The Bertz CT molecular complexity index is 1210. The number of nitrogens with zero attached hydrogens (tertiary/aromatic N) is 2. The summed E-state index contributed by atoms with van der Waals surface area (Å²) in [5.41, 5.74) is 4.12. The Morgan fingerprint density at radius 3 is 2.48 bits per heavy atom. The van der Waals surface area contributed by atoms with Crippen molar-refractivity contribution < 1.29 is 18.4 Å². The van der Waals surface area contributed by atoms with E-state index in [9.17, 15) is 18.4 Å². The molecule has 0 aromatic heterocycles. The lowest BCUT2D eigenvalue weighted by Gasteiger charge is -2.36. The van der Waals surface area contributed by atoms with Gasteiger partial charge in [0.2, 0.25) is 0 Å². The van der Waals surface area contributed by atoms with Gasteiger partial charge in [-0.1, -0.05) is 29.8 Å². The molecular weight excluding hydrogens is 424 g/mol. The monoisotopic (exact) mass is 449 g/mol. The molecule has 0 unspecified atom stereocenters. The maximum absolute atomic E-state index is 13.6. The topological polar surface area (TPSA) is 52.7 Å². The predicted octanol–water partition coefficient (Wildman–Crippen LogP) is 5.67. The van der Waals surface area contributed by atoms with E-state index in [2.05, 4.69) is 5.32 Å². The molecule has 1 aliphatic heterocycles. The molecule has 3 aromatic rings. The van der Waals surface area contributed by atoms with Crippen LogP contribution in [-0.4, -0.2) is 29.9 Å². The molecule has 0 bridgehead atoms. The Balaban J connectivity index is 1.58. The van der Waals surface area contributed by atoms with E-state index < -0.39 is 11.6 Å². The van der Waals surface area contributed by atoms with Crippen LogP contribution >= 0.6 is 0 Å². The van der Waals surface area contributed by atoms with Gasteiger partial charge in [-0.3, -0.25) is 9.69 Å². The summed E-state index contributed by atoms with van der Waals surface area (Å²) in [4.78, 5) is 29.4. The van der Waals surface area contributed by atoms with Gasteiger partial charge in [0, 0.05) is 25.2 Å². The Kier molecular flexibility index (Phi) is 6.40. The number of aryl methyl sites for hydroxylation is 2. The lowest BCUT2D eigenvalue weighted by molar-refractivity contribution is 0.102. The van der Waals surface area contributed by atoms with Gasteiger partial charge in [0.05, 0.1) is 11.4 Å². The van der Waals surface area contributed by atoms with E-state index in [0.29, 0.717) is 42.0 Å². The van der Waals surface area contributed by atoms with Crippen LogP contribution < -0.4 is 10.2 Å². The molecule has 1 fully saturated rings. The van der Waals surface area contributed by atoms with Crippen LogP contribution in [0.3, 0.4) is 0 Å². The van der Waals surface area contributed by atoms with E-state index >= 15 is 0 Å². The zero-order valence-corrected chi connectivity index (χ0v) is 18.6. The van der Waals surface area contributed by atoms with Crippen LogP contribution in [0.2, 0.25) is 0 Å². The van der Waals surface area contributed by atoms with Gasteiger partial charge in [-0.2, -0.15) is 0 Å². The van der Waals surface area contributed by atoms with Crippen molar-refractivity contribution in [2.45, 2.75) is 26.8 Å². The average Bonchev–Trinajstić information content (AvgIpc) is 2.78. The number of urea groups is 1. The summed E-state index contributed by atoms with van der Waals surface area (Å²) in [7, 11) is 0. The Morgan fingerprint density at radius 2 is 1.73 bits per heavy atom. The number of hydrogen-bond donors (Lipinski definition) is 1. The van der Waals surface area contributed by atoms with Crippen LogP contribution in [0.4, 0.5) is 25.0 Å².